The normalized spacial score (nSPS) is 24.1. The molecule has 1 saturated carbocycles. The predicted octanol–water partition coefficient (Wildman–Crippen LogP) is 9.67. The first-order chi connectivity index (χ1) is 16.3. The van der Waals surface area contributed by atoms with Gasteiger partial charge in [0.15, 0.2) is 22.8 Å². The molecule has 1 aromatic heterocycles. The van der Waals surface area contributed by atoms with Crippen LogP contribution >= 0.6 is 0 Å². The molecule has 0 aliphatic heterocycles. The van der Waals surface area contributed by atoms with Crippen molar-refractivity contribution in [1.29, 1.82) is 0 Å². The average Bonchev–Trinajstić information content (AvgIpc) is 3.20. The smallest absolute Gasteiger partial charge is 0.419 e. The summed E-state index contributed by atoms with van der Waals surface area (Å²) in [6.45, 7) is 2.25. The summed E-state index contributed by atoms with van der Waals surface area (Å²) in [5.74, 6) is 0.0956. The largest absolute Gasteiger partial charge is 0.450 e. The van der Waals surface area contributed by atoms with Crippen LogP contribution < -0.4 is 0 Å². The van der Waals surface area contributed by atoms with E-state index in [1.807, 2.05) is 0 Å². The Morgan fingerprint density at radius 3 is 2.15 bits per heavy atom. The molecule has 1 nitrogen and oxygen atoms in total. The van der Waals surface area contributed by atoms with Crippen LogP contribution in [0.3, 0.4) is 0 Å². The quantitative estimate of drug-likeness (QED) is 0.342. The number of fused-ring (bicyclic) bond motifs is 3. The standard InChI is InChI=1S/C28H29F5O/c1-2-3-16-4-6-17(7-5-16)18-8-10-19(11-9-18)20-12-13-21-22-14-15-23(28(31,32)33)25(30)27(22)34-26(21)24(20)29/h10,12-18H,2-9,11H2,1H3. The molecule has 182 valence electrons. The number of hydrogen-bond donors (Lipinski definition) is 0. The van der Waals surface area contributed by atoms with Crippen LogP contribution in [0.4, 0.5) is 22.0 Å². The van der Waals surface area contributed by atoms with Crippen LogP contribution in [0, 0.1) is 29.4 Å². The maximum atomic E-state index is 15.4. The summed E-state index contributed by atoms with van der Waals surface area (Å²) in [6.07, 6.45) is 7.72. The third-order valence-corrected chi connectivity index (χ3v) is 8.05. The Bertz CT molecular complexity index is 1230. The molecule has 0 bridgehead atoms. The molecular weight excluding hydrogens is 447 g/mol. The molecule has 2 aliphatic rings. The zero-order valence-corrected chi connectivity index (χ0v) is 19.3. The van der Waals surface area contributed by atoms with Gasteiger partial charge in [-0.1, -0.05) is 44.7 Å². The lowest BCUT2D eigenvalue weighted by Crippen LogP contribution is -2.23. The van der Waals surface area contributed by atoms with Gasteiger partial charge in [0.25, 0.3) is 0 Å². The highest BCUT2D eigenvalue weighted by molar-refractivity contribution is 6.06. The second-order valence-corrected chi connectivity index (χ2v) is 10.0. The summed E-state index contributed by atoms with van der Waals surface area (Å²) in [6, 6.07) is 5.09. The molecule has 0 N–H and O–H groups in total. The number of allylic oxidation sites excluding steroid dienone is 2. The second kappa shape index (κ2) is 9.01. The van der Waals surface area contributed by atoms with E-state index in [0.717, 1.165) is 42.7 Å². The van der Waals surface area contributed by atoms with Gasteiger partial charge in [0.05, 0.1) is 5.56 Å². The summed E-state index contributed by atoms with van der Waals surface area (Å²) in [7, 11) is 0. The molecule has 1 atom stereocenters. The predicted molar refractivity (Wildman–Crippen MR) is 124 cm³/mol. The van der Waals surface area contributed by atoms with Crippen LogP contribution in [0.15, 0.2) is 34.8 Å². The van der Waals surface area contributed by atoms with Crippen molar-refractivity contribution in [3.05, 3.63) is 53.1 Å². The van der Waals surface area contributed by atoms with Gasteiger partial charge in [-0.2, -0.15) is 13.2 Å². The molecule has 3 aromatic rings. The number of rotatable bonds is 4. The molecule has 6 heteroatoms. The molecule has 0 amide bonds. The first-order valence-electron chi connectivity index (χ1n) is 12.4. The molecule has 0 saturated heterocycles. The minimum Gasteiger partial charge on any atom is -0.450 e. The van der Waals surface area contributed by atoms with E-state index in [2.05, 4.69) is 13.0 Å². The van der Waals surface area contributed by atoms with Crippen LogP contribution in [0.25, 0.3) is 27.5 Å². The van der Waals surface area contributed by atoms with Gasteiger partial charge in [-0.25, -0.2) is 8.78 Å². The van der Waals surface area contributed by atoms with E-state index < -0.39 is 29.0 Å². The van der Waals surface area contributed by atoms with Gasteiger partial charge in [0, 0.05) is 16.3 Å². The van der Waals surface area contributed by atoms with E-state index in [9.17, 15) is 17.6 Å². The molecule has 34 heavy (non-hydrogen) atoms. The van der Waals surface area contributed by atoms with Crippen molar-refractivity contribution in [1.82, 2.24) is 0 Å². The van der Waals surface area contributed by atoms with Crippen molar-refractivity contribution in [2.24, 2.45) is 17.8 Å². The van der Waals surface area contributed by atoms with Gasteiger partial charge in [-0.15, -0.1) is 0 Å². The lowest BCUT2D eigenvalue weighted by Gasteiger charge is -2.35. The van der Waals surface area contributed by atoms with E-state index in [0.29, 0.717) is 17.5 Å². The SMILES string of the molecule is CCCC1CCC(C2CC=C(c3ccc4c(oc5c(F)c(C(F)(F)F)ccc54)c3F)CC2)CC1. The van der Waals surface area contributed by atoms with E-state index in [4.69, 9.17) is 4.42 Å². The van der Waals surface area contributed by atoms with E-state index in [1.165, 1.54) is 38.5 Å². The molecule has 1 heterocycles. The summed E-state index contributed by atoms with van der Waals surface area (Å²) in [4.78, 5) is 0. The minimum atomic E-state index is -4.85. The monoisotopic (exact) mass is 476 g/mol. The summed E-state index contributed by atoms with van der Waals surface area (Å²) < 4.78 is 74.6. The van der Waals surface area contributed by atoms with Gasteiger partial charge in [0.1, 0.15) is 0 Å². The molecule has 1 unspecified atom stereocenters. The Morgan fingerprint density at radius 1 is 0.853 bits per heavy atom. The molecule has 2 aromatic carbocycles. The minimum absolute atomic E-state index is 0.141. The lowest BCUT2D eigenvalue weighted by molar-refractivity contribution is -0.139. The van der Waals surface area contributed by atoms with Crippen molar-refractivity contribution in [2.75, 3.05) is 0 Å². The van der Waals surface area contributed by atoms with Gasteiger partial charge in [-0.3, -0.25) is 0 Å². The van der Waals surface area contributed by atoms with Crippen LogP contribution in [0.1, 0.15) is 75.8 Å². The summed E-state index contributed by atoms with van der Waals surface area (Å²) in [5, 5.41) is 0.421. The molecule has 5 rings (SSSR count). The van der Waals surface area contributed by atoms with Gasteiger partial charge in [-0.05, 0) is 73.6 Å². The second-order valence-electron chi connectivity index (χ2n) is 10.0. The van der Waals surface area contributed by atoms with Crippen LogP contribution in [-0.4, -0.2) is 0 Å². The Balaban J connectivity index is 1.40. The highest BCUT2D eigenvalue weighted by atomic mass is 19.4. The fraction of sp³-hybridized carbons (Fsp3) is 0.500. The molecule has 2 aliphatic carbocycles. The maximum Gasteiger partial charge on any atom is 0.419 e. The third kappa shape index (κ3) is 4.14. The van der Waals surface area contributed by atoms with Crippen LogP contribution in [0.5, 0.6) is 0 Å². The third-order valence-electron chi connectivity index (χ3n) is 8.05. The highest BCUT2D eigenvalue weighted by Crippen LogP contribution is 2.44. The first-order valence-corrected chi connectivity index (χ1v) is 12.4. The van der Waals surface area contributed by atoms with Crippen molar-refractivity contribution >= 4 is 27.5 Å². The van der Waals surface area contributed by atoms with Crippen LogP contribution in [-0.2, 0) is 6.18 Å². The lowest BCUT2D eigenvalue weighted by atomic mass is 9.70. The summed E-state index contributed by atoms with van der Waals surface area (Å²) in [5.41, 5.74) is -0.870. The number of halogens is 5. The van der Waals surface area contributed by atoms with Gasteiger partial charge < -0.3 is 4.42 Å². The zero-order valence-electron chi connectivity index (χ0n) is 19.3. The van der Waals surface area contributed by atoms with Gasteiger partial charge in [0.2, 0.25) is 0 Å². The summed E-state index contributed by atoms with van der Waals surface area (Å²) >= 11 is 0. The Morgan fingerprint density at radius 2 is 1.53 bits per heavy atom. The molecule has 0 spiro atoms. The fourth-order valence-corrected chi connectivity index (χ4v) is 6.19. The van der Waals surface area contributed by atoms with E-state index in [-0.39, 0.29) is 16.4 Å². The average molecular weight is 477 g/mol. The first kappa shape index (κ1) is 23.4. The fourth-order valence-electron chi connectivity index (χ4n) is 6.19. The van der Waals surface area contributed by atoms with E-state index in [1.54, 1.807) is 12.1 Å². The number of hydrogen-bond acceptors (Lipinski definition) is 1. The van der Waals surface area contributed by atoms with Crippen molar-refractivity contribution < 1.29 is 26.4 Å². The van der Waals surface area contributed by atoms with Crippen molar-refractivity contribution in [2.45, 2.75) is 70.9 Å². The number of furan rings is 1. The topological polar surface area (TPSA) is 13.1 Å². The maximum absolute atomic E-state index is 15.4. The Hall–Kier alpha value is -2.37. The molecular formula is C28H29F5O. The number of alkyl halides is 3. The van der Waals surface area contributed by atoms with Gasteiger partial charge >= 0.3 is 6.18 Å². The zero-order chi connectivity index (χ0) is 24.0. The Kier molecular flexibility index (Phi) is 6.19. The molecule has 0 radical (unpaired) electrons. The van der Waals surface area contributed by atoms with Crippen molar-refractivity contribution in [3.63, 3.8) is 0 Å². The Labute approximate surface area is 196 Å². The number of benzene rings is 2. The highest BCUT2D eigenvalue weighted by Gasteiger charge is 2.36. The van der Waals surface area contributed by atoms with Crippen LogP contribution in [0.2, 0.25) is 0 Å². The van der Waals surface area contributed by atoms with Crippen molar-refractivity contribution in [3.8, 4) is 0 Å². The molecule has 1 fully saturated rings. The van der Waals surface area contributed by atoms with E-state index >= 15 is 4.39 Å².